The molecular formula is C15H17N3O3. The Hall–Kier alpha value is -2.34. The molecule has 6 heteroatoms. The number of aliphatic hydroxyl groups is 1. The predicted octanol–water partition coefficient (Wildman–Crippen LogP) is 0.518. The third-order valence-electron chi connectivity index (χ3n) is 3.64. The van der Waals surface area contributed by atoms with Crippen LogP contribution in [0.2, 0.25) is 0 Å². The summed E-state index contributed by atoms with van der Waals surface area (Å²) in [6, 6.07) is 8.64. The molecule has 0 saturated heterocycles. The Morgan fingerprint density at radius 1 is 1.33 bits per heavy atom. The molecule has 21 heavy (non-hydrogen) atoms. The van der Waals surface area contributed by atoms with E-state index in [1.807, 2.05) is 30.3 Å². The lowest BCUT2D eigenvalue weighted by molar-refractivity contribution is -0.126. The number of β-amino-alcohol motifs (C(OH)–C–C–N with tert-alkyl or cyclic N) is 1. The number of hydrogen-bond donors (Lipinski definition) is 3. The molecule has 2 aliphatic heterocycles. The zero-order chi connectivity index (χ0) is 15.0. The lowest BCUT2D eigenvalue weighted by Gasteiger charge is -2.25. The van der Waals surface area contributed by atoms with Crippen molar-refractivity contribution in [1.29, 1.82) is 0 Å². The van der Waals surface area contributed by atoms with E-state index in [9.17, 15) is 14.7 Å². The molecule has 0 fully saturated rings. The predicted molar refractivity (Wildman–Crippen MR) is 76.1 cm³/mol. The fraction of sp³-hybridized carbons (Fsp3) is 0.333. The number of nitrogens with one attached hydrogen (secondary N) is 2. The van der Waals surface area contributed by atoms with Crippen molar-refractivity contribution in [2.24, 2.45) is 0 Å². The lowest BCUT2D eigenvalue weighted by Crippen LogP contribution is -2.44. The van der Waals surface area contributed by atoms with Gasteiger partial charge in [0.05, 0.1) is 30.0 Å². The number of benzene rings is 1. The van der Waals surface area contributed by atoms with Crippen LogP contribution < -0.4 is 10.6 Å². The van der Waals surface area contributed by atoms with Crippen molar-refractivity contribution in [1.82, 2.24) is 15.5 Å². The highest BCUT2D eigenvalue weighted by atomic mass is 16.3. The summed E-state index contributed by atoms with van der Waals surface area (Å²) in [4.78, 5) is 25.9. The molecule has 1 aromatic rings. The fourth-order valence-corrected chi connectivity index (χ4v) is 2.79. The Kier molecular flexibility index (Phi) is 3.39. The van der Waals surface area contributed by atoms with E-state index in [0.717, 1.165) is 5.56 Å². The maximum absolute atomic E-state index is 12.5. The van der Waals surface area contributed by atoms with E-state index in [4.69, 9.17) is 0 Å². The van der Waals surface area contributed by atoms with Gasteiger partial charge in [-0.15, -0.1) is 0 Å². The van der Waals surface area contributed by atoms with Crippen LogP contribution in [0.15, 0.2) is 41.6 Å². The molecule has 2 heterocycles. The average Bonchev–Trinajstić information content (AvgIpc) is 2.74. The third-order valence-corrected chi connectivity index (χ3v) is 3.64. The summed E-state index contributed by atoms with van der Waals surface area (Å²) in [5.74, 6) is -0.146. The van der Waals surface area contributed by atoms with E-state index in [1.54, 1.807) is 11.8 Å². The quantitative estimate of drug-likeness (QED) is 0.758. The third kappa shape index (κ3) is 2.50. The molecule has 3 rings (SSSR count). The van der Waals surface area contributed by atoms with Crippen LogP contribution in [0.3, 0.4) is 0 Å². The highest BCUT2D eigenvalue weighted by Crippen LogP contribution is 2.32. The molecule has 6 nitrogen and oxygen atoms in total. The van der Waals surface area contributed by atoms with Gasteiger partial charge in [-0.2, -0.15) is 0 Å². The Bertz CT molecular complexity index is 610. The number of carbonyl (C=O) groups excluding carboxylic acids is 2. The SMILES string of the molecule is C[C@@H](O)CN1CC2=C(C1=O)[C@@H](c1ccccc1)NC(=O)N2. The van der Waals surface area contributed by atoms with Gasteiger partial charge in [-0.3, -0.25) is 4.79 Å². The lowest BCUT2D eigenvalue weighted by atomic mass is 9.96. The highest BCUT2D eigenvalue weighted by molar-refractivity contribution is 6.01. The first kappa shape index (κ1) is 13.6. The standard InChI is InChI=1S/C15H17N3O3/c1-9(19)7-18-8-11-12(14(18)20)13(17-15(21)16-11)10-5-3-2-4-6-10/h2-6,9,13,19H,7-8H2,1H3,(H2,16,17,21)/t9-,13-/m1/s1. The second kappa shape index (κ2) is 5.21. The smallest absolute Gasteiger partial charge is 0.319 e. The molecule has 2 atom stereocenters. The van der Waals surface area contributed by atoms with Crippen molar-refractivity contribution in [3.05, 3.63) is 47.2 Å². The molecule has 3 N–H and O–H groups in total. The Labute approximate surface area is 122 Å². The van der Waals surface area contributed by atoms with Crippen LogP contribution in [0.25, 0.3) is 0 Å². The normalized spacial score (nSPS) is 22.8. The van der Waals surface area contributed by atoms with E-state index in [-0.39, 0.29) is 18.5 Å². The molecule has 0 spiro atoms. The summed E-state index contributed by atoms with van der Waals surface area (Å²) in [7, 11) is 0. The van der Waals surface area contributed by atoms with Crippen LogP contribution in [-0.2, 0) is 4.79 Å². The molecular weight excluding hydrogens is 270 g/mol. The molecule has 0 aliphatic carbocycles. The monoisotopic (exact) mass is 287 g/mol. The van der Waals surface area contributed by atoms with Crippen LogP contribution in [0.1, 0.15) is 18.5 Å². The van der Waals surface area contributed by atoms with Crippen LogP contribution >= 0.6 is 0 Å². The zero-order valence-electron chi connectivity index (χ0n) is 11.7. The molecule has 0 aromatic heterocycles. The number of rotatable bonds is 3. The topological polar surface area (TPSA) is 81.7 Å². The van der Waals surface area contributed by atoms with E-state index in [0.29, 0.717) is 17.8 Å². The van der Waals surface area contributed by atoms with Gasteiger partial charge in [0, 0.05) is 6.54 Å². The van der Waals surface area contributed by atoms with Gasteiger partial charge in [0.1, 0.15) is 0 Å². The Morgan fingerprint density at radius 2 is 2.05 bits per heavy atom. The minimum Gasteiger partial charge on any atom is -0.392 e. The first-order valence-corrected chi connectivity index (χ1v) is 6.89. The van der Waals surface area contributed by atoms with E-state index >= 15 is 0 Å². The zero-order valence-corrected chi connectivity index (χ0v) is 11.7. The van der Waals surface area contributed by atoms with Crippen molar-refractivity contribution in [2.75, 3.05) is 13.1 Å². The second-order valence-electron chi connectivity index (χ2n) is 5.37. The summed E-state index contributed by atoms with van der Waals surface area (Å²) in [6.45, 7) is 2.22. The van der Waals surface area contributed by atoms with Gasteiger partial charge in [-0.1, -0.05) is 30.3 Å². The minimum absolute atomic E-state index is 0.146. The van der Waals surface area contributed by atoms with Crippen molar-refractivity contribution < 1.29 is 14.7 Å². The van der Waals surface area contributed by atoms with Gasteiger partial charge in [-0.05, 0) is 12.5 Å². The summed E-state index contributed by atoms with van der Waals surface area (Å²) in [5, 5.41) is 15.0. The van der Waals surface area contributed by atoms with Gasteiger partial charge in [0.25, 0.3) is 5.91 Å². The minimum atomic E-state index is -0.603. The van der Waals surface area contributed by atoms with Crippen LogP contribution in [0, 0.1) is 0 Å². The first-order valence-electron chi connectivity index (χ1n) is 6.89. The van der Waals surface area contributed by atoms with Gasteiger partial charge < -0.3 is 20.6 Å². The molecule has 2 aliphatic rings. The van der Waals surface area contributed by atoms with Crippen LogP contribution in [0.5, 0.6) is 0 Å². The number of urea groups is 1. The number of aliphatic hydroxyl groups excluding tert-OH is 1. The number of nitrogens with zero attached hydrogens (tertiary/aromatic N) is 1. The summed E-state index contributed by atoms with van der Waals surface area (Å²) < 4.78 is 0. The number of carbonyl (C=O) groups is 2. The number of amides is 3. The maximum Gasteiger partial charge on any atom is 0.319 e. The van der Waals surface area contributed by atoms with Crippen LogP contribution in [-0.4, -0.2) is 41.1 Å². The summed E-state index contributed by atoms with van der Waals surface area (Å²) >= 11 is 0. The summed E-state index contributed by atoms with van der Waals surface area (Å²) in [6.07, 6.45) is -0.603. The Morgan fingerprint density at radius 3 is 2.71 bits per heavy atom. The van der Waals surface area contributed by atoms with E-state index < -0.39 is 12.1 Å². The molecule has 1 aromatic carbocycles. The molecule has 0 saturated carbocycles. The summed E-state index contributed by atoms with van der Waals surface area (Å²) in [5.41, 5.74) is 2.05. The maximum atomic E-state index is 12.5. The fourth-order valence-electron chi connectivity index (χ4n) is 2.79. The molecule has 0 radical (unpaired) electrons. The average molecular weight is 287 g/mol. The molecule has 110 valence electrons. The molecule has 0 bridgehead atoms. The molecule has 0 unspecified atom stereocenters. The first-order chi connectivity index (χ1) is 10.1. The van der Waals surface area contributed by atoms with Gasteiger partial charge >= 0.3 is 6.03 Å². The van der Waals surface area contributed by atoms with Crippen molar-refractivity contribution in [3.8, 4) is 0 Å². The second-order valence-corrected chi connectivity index (χ2v) is 5.37. The van der Waals surface area contributed by atoms with Gasteiger partial charge in [0.2, 0.25) is 0 Å². The van der Waals surface area contributed by atoms with Gasteiger partial charge in [-0.25, -0.2) is 4.79 Å². The largest absolute Gasteiger partial charge is 0.392 e. The molecule has 3 amide bonds. The Balaban J connectivity index is 1.94. The van der Waals surface area contributed by atoms with Crippen LogP contribution in [0.4, 0.5) is 4.79 Å². The van der Waals surface area contributed by atoms with Crippen molar-refractivity contribution >= 4 is 11.9 Å². The number of hydrogen-bond acceptors (Lipinski definition) is 3. The van der Waals surface area contributed by atoms with Crippen molar-refractivity contribution in [2.45, 2.75) is 19.1 Å². The highest BCUT2D eigenvalue weighted by Gasteiger charge is 2.40. The van der Waals surface area contributed by atoms with E-state index in [2.05, 4.69) is 10.6 Å². The van der Waals surface area contributed by atoms with Crippen molar-refractivity contribution in [3.63, 3.8) is 0 Å². The van der Waals surface area contributed by atoms with Gasteiger partial charge in [0.15, 0.2) is 0 Å². The van der Waals surface area contributed by atoms with E-state index in [1.165, 1.54) is 0 Å².